The summed E-state index contributed by atoms with van der Waals surface area (Å²) < 4.78 is -0.976. The molecule has 0 aliphatic carbocycles. The van der Waals surface area contributed by atoms with Gasteiger partial charge in [-0.3, -0.25) is 14.4 Å². The predicted molar refractivity (Wildman–Crippen MR) is 128 cm³/mol. The highest BCUT2D eigenvalue weighted by atomic mass is 32.2. The Hall–Kier alpha value is -2.72. The van der Waals surface area contributed by atoms with Gasteiger partial charge in [-0.25, -0.2) is 0 Å². The Morgan fingerprint density at radius 2 is 1.68 bits per heavy atom. The maximum absolute atomic E-state index is 12.8. The van der Waals surface area contributed by atoms with Crippen LogP contribution in [0, 0.1) is 5.92 Å². The number of unbranched alkanes of at least 4 members (excludes halogenated alkanes) is 1. The second kappa shape index (κ2) is 10.1. The zero-order chi connectivity index (χ0) is 22.4. The fraction of sp³-hybridized carbons (Fsp3) is 0.296. The van der Waals surface area contributed by atoms with Crippen molar-refractivity contribution < 1.29 is 14.4 Å². The van der Waals surface area contributed by atoms with Gasteiger partial charge in [-0.15, -0.1) is 0 Å². The molecule has 0 saturated carbocycles. The average molecular weight is 433 g/mol. The van der Waals surface area contributed by atoms with Crippen molar-refractivity contribution in [3.63, 3.8) is 0 Å². The van der Waals surface area contributed by atoms with Crippen molar-refractivity contribution in [1.82, 2.24) is 0 Å². The van der Waals surface area contributed by atoms with E-state index < -0.39 is 10.7 Å². The van der Waals surface area contributed by atoms with Gasteiger partial charge in [0.1, 0.15) is 5.92 Å². The Morgan fingerprint density at radius 1 is 1.03 bits per heavy atom. The first kappa shape index (κ1) is 23.0. The van der Waals surface area contributed by atoms with Gasteiger partial charge in [0.25, 0.3) is 0 Å². The molecule has 31 heavy (non-hydrogen) atoms. The van der Waals surface area contributed by atoms with E-state index in [0.29, 0.717) is 6.42 Å². The van der Waals surface area contributed by atoms with Crippen LogP contribution in [0.15, 0.2) is 78.9 Å². The van der Waals surface area contributed by atoms with E-state index in [1.807, 2.05) is 25.1 Å². The van der Waals surface area contributed by atoms with Gasteiger partial charge < -0.3 is 0 Å². The average Bonchev–Trinajstić information content (AvgIpc) is 2.99. The van der Waals surface area contributed by atoms with Crippen molar-refractivity contribution in [2.75, 3.05) is 0 Å². The molecule has 160 valence electrons. The van der Waals surface area contributed by atoms with E-state index >= 15 is 0 Å². The number of hydrogen-bond donors (Lipinski definition) is 0. The van der Waals surface area contributed by atoms with E-state index in [0.717, 1.165) is 30.2 Å². The summed E-state index contributed by atoms with van der Waals surface area (Å²) in [5.41, 5.74) is 4.41. The number of Topliss-reactive ketones (excluding diaryl/α,β-unsaturated/α-hetero) is 2. The van der Waals surface area contributed by atoms with Crippen LogP contribution in [-0.2, 0) is 20.8 Å². The lowest BCUT2D eigenvalue weighted by molar-refractivity contribution is -0.136. The number of carbonyl (C=O) groups excluding carboxylic acids is 3. The molecule has 2 unspecified atom stereocenters. The molecule has 0 aromatic heterocycles. The molecule has 2 atom stereocenters. The minimum Gasteiger partial charge on any atom is -0.298 e. The number of carbonyl (C=O) groups is 3. The van der Waals surface area contributed by atoms with Gasteiger partial charge in [-0.1, -0.05) is 90.7 Å². The molecule has 0 N–H and O–H groups in total. The van der Waals surface area contributed by atoms with E-state index in [2.05, 4.69) is 43.0 Å². The number of rotatable bonds is 9. The number of hydrogen-bond acceptors (Lipinski definition) is 4. The van der Waals surface area contributed by atoms with E-state index in [1.54, 1.807) is 19.1 Å². The number of aryl methyl sites for hydroxylation is 1. The van der Waals surface area contributed by atoms with E-state index in [4.69, 9.17) is 0 Å². The molecular formula is C27H28O3S. The van der Waals surface area contributed by atoms with Crippen LogP contribution in [0.5, 0.6) is 0 Å². The van der Waals surface area contributed by atoms with Crippen LogP contribution in [0.25, 0.3) is 11.1 Å². The molecule has 1 fully saturated rings. The molecule has 2 aromatic rings. The molecule has 0 spiro atoms. The highest BCUT2D eigenvalue weighted by molar-refractivity contribution is 8.16. The van der Waals surface area contributed by atoms with Gasteiger partial charge in [-0.2, -0.15) is 0 Å². The Morgan fingerprint density at radius 3 is 2.32 bits per heavy atom. The molecule has 1 aliphatic rings. The summed E-state index contributed by atoms with van der Waals surface area (Å²) in [6, 6.07) is 18.7. The first-order valence-electron chi connectivity index (χ1n) is 10.6. The number of allylic oxidation sites excluding steroid dienone is 2. The van der Waals surface area contributed by atoms with E-state index in [1.165, 1.54) is 16.7 Å². The Balaban J connectivity index is 1.51. The van der Waals surface area contributed by atoms with Gasteiger partial charge in [0.05, 0.1) is 4.75 Å². The maximum Gasteiger partial charge on any atom is 0.208 e. The smallest absolute Gasteiger partial charge is 0.208 e. The van der Waals surface area contributed by atoms with E-state index in [9.17, 15) is 14.4 Å². The maximum atomic E-state index is 12.8. The standard InChI is InChI=1S/C27H28O3S/c1-4-19(2)18-27(3)25(29)24(26(30)31-27)23(28)13-9-8-10-20-14-16-22(17-15-20)21-11-6-5-7-12-21/h4-7,11-12,14-18,24H,1,8-10,13H2,2-3H3. The molecule has 4 heteroatoms. The van der Waals surface area contributed by atoms with Crippen LogP contribution in [0.2, 0.25) is 0 Å². The highest BCUT2D eigenvalue weighted by Crippen LogP contribution is 2.42. The number of benzene rings is 2. The van der Waals surface area contributed by atoms with Crippen molar-refractivity contribution in [2.45, 2.75) is 44.3 Å². The summed E-state index contributed by atoms with van der Waals surface area (Å²) >= 11 is 0.958. The Bertz CT molecular complexity index is 1000. The molecule has 3 rings (SSSR count). The summed E-state index contributed by atoms with van der Waals surface area (Å²) in [6.45, 7) is 7.22. The van der Waals surface area contributed by atoms with Crippen LogP contribution in [0.3, 0.4) is 0 Å². The van der Waals surface area contributed by atoms with Crippen LogP contribution < -0.4 is 0 Å². The first-order chi connectivity index (χ1) is 14.8. The summed E-state index contributed by atoms with van der Waals surface area (Å²) in [5, 5.41) is -0.331. The van der Waals surface area contributed by atoms with Gasteiger partial charge in [0, 0.05) is 6.42 Å². The number of ketones is 2. The number of thioether (sulfide) groups is 1. The lowest BCUT2D eigenvalue weighted by atomic mass is 9.88. The predicted octanol–water partition coefficient (Wildman–Crippen LogP) is 5.99. The molecular weight excluding hydrogens is 404 g/mol. The summed E-state index contributed by atoms with van der Waals surface area (Å²) in [4.78, 5) is 37.8. The quantitative estimate of drug-likeness (QED) is 0.278. The lowest BCUT2D eigenvalue weighted by Gasteiger charge is -2.16. The largest absolute Gasteiger partial charge is 0.298 e. The van der Waals surface area contributed by atoms with Crippen molar-refractivity contribution in [2.24, 2.45) is 5.92 Å². The molecule has 1 saturated heterocycles. The molecule has 0 bridgehead atoms. The SMILES string of the molecule is C=CC(C)=CC1(C)SC(=O)C(C(=O)CCCCc2ccc(-c3ccccc3)cc2)C1=O. The van der Waals surface area contributed by atoms with Gasteiger partial charge in [0.2, 0.25) is 5.12 Å². The van der Waals surface area contributed by atoms with Crippen molar-refractivity contribution in [3.8, 4) is 11.1 Å². The molecule has 2 aromatic carbocycles. The minimum absolute atomic E-state index is 0.254. The minimum atomic E-state index is -1.13. The lowest BCUT2D eigenvalue weighted by Crippen LogP contribution is -2.33. The molecule has 0 amide bonds. The van der Waals surface area contributed by atoms with Crippen LogP contribution in [0.4, 0.5) is 0 Å². The van der Waals surface area contributed by atoms with Crippen molar-refractivity contribution in [3.05, 3.63) is 84.5 Å². The van der Waals surface area contributed by atoms with E-state index in [-0.39, 0.29) is 23.1 Å². The second-order valence-corrected chi connectivity index (χ2v) is 9.61. The van der Waals surface area contributed by atoms with Gasteiger partial charge in [-0.05, 0) is 49.8 Å². The molecule has 1 aliphatic heterocycles. The Labute approximate surface area is 188 Å². The highest BCUT2D eigenvalue weighted by Gasteiger charge is 2.52. The normalized spacial score (nSPS) is 21.4. The third-order valence-corrected chi connectivity index (χ3v) is 6.83. The van der Waals surface area contributed by atoms with Crippen molar-refractivity contribution >= 4 is 28.4 Å². The third kappa shape index (κ3) is 5.50. The van der Waals surface area contributed by atoms with Crippen LogP contribution in [-0.4, -0.2) is 21.4 Å². The molecule has 1 heterocycles. The van der Waals surface area contributed by atoms with Crippen molar-refractivity contribution in [1.29, 1.82) is 0 Å². The fourth-order valence-corrected chi connectivity index (χ4v) is 5.09. The summed E-state index contributed by atoms with van der Waals surface area (Å²) in [6.07, 6.45) is 6.00. The first-order valence-corrected chi connectivity index (χ1v) is 11.4. The Kier molecular flexibility index (Phi) is 7.45. The molecule has 3 nitrogen and oxygen atoms in total. The zero-order valence-electron chi connectivity index (χ0n) is 18.1. The van der Waals surface area contributed by atoms with Crippen LogP contribution in [0.1, 0.15) is 38.7 Å². The fourth-order valence-electron chi connectivity index (χ4n) is 3.85. The monoisotopic (exact) mass is 432 g/mol. The summed E-state index contributed by atoms with van der Waals surface area (Å²) in [5.74, 6) is -1.69. The zero-order valence-corrected chi connectivity index (χ0v) is 18.9. The topological polar surface area (TPSA) is 51.2 Å². The molecule has 0 radical (unpaired) electrons. The van der Waals surface area contributed by atoms with Gasteiger partial charge >= 0.3 is 0 Å². The third-order valence-electron chi connectivity index (χ3n) is 5.65. The van der Waals surface area contributed by atoms with Gasteiger partial charge in [0.15, 0.2) is 11.6 Å². The van der Waals surface area contributed by atoms with Crippen LogP contribution >= 0.6 is 11.8 Å². The second-order valence-electron chi connectivity index (χ2n) is 8.15. The summed E-state index contributed by atoms with van der Waals surface area (Å²) in [7, 11) is 0.